The molecular formula is C35H40N4O2. The molecule has 1 aromatic heterocycles. The average molecular weight is 549 g/mol. The molecule has 4 heterocycles. The van der Waals surface area contributed by atoms with Crippen LogP contribution in [0.1, 0.15) is 59.0 Å². The van der Waals surface area contributed by atoms with Crippen LogP contribution in [0.3, 0.4) is 0 Å². The molecule has 212 valence electrons. The molecule has 1 amide bonds. The number of likely N-dealkylation sites (tertiary alicyclic amines) is 1. The SMILES string of the molecule is CN1CCC2c3cc(C4CCCN(C(=O)OCc5ccccc5)CCc5c4[nH]c4ccccc54)ccc3N(C)C2C1. The molecule has 3 atom stereocenters. The van der Waals surface area contributed by atoms with Gasteiger partial charge in [0.15, 0.2) is 0 Å². The first-order valence-corrected chi connectivity index (χ1v) is 15.2. The lowest BCUT2D eigenvalue weighted by molar-refractivity contribution is 0.0960. The van der Waals surface area contributed by atoms with Crippen molar-refractivity contribution in [2.45, 2.75) is 50.2 Å². The molecule has 0 radical (unpaired) electrons. The Hall–Kier alpha value is -3.77. The summed E-state index contributed by atoms with van der Waals surface area (Å²) >= 11 is 0. The molecular weight excluding hydrogens is 508 g/mol. The fourth-order valence-corrected chi connectivity index (χ4v) is 7.53. The minimum Gasteiger partial charge on any atom is -0.445 e. The highest BCUT2D eigenvalue weighted by Crippen LogP contribution is 2.46. The quantitative estimate of drug-likeness (QED) is 0.317. The number of carbonyl (C=O) groups is 1. The molecule has 6 nitrogen and oxygen atoms in total. The number of anilines is 1. The number of aromatic amines is 1. The zero-order valence-electron chi connectivity index (χ0n) is 24.2. The number of benzene rings is 3. The van der Waals surface area contributed by atoms with Crippen molar-refractivity contribution in [3.05, 3.63) is 101 Å². The van der Waals surface area contributed by atoms with Crippen LogP contribution in [0.15, 0.2) is 72.8 Å². The number of aromatic nitrogens is 1. The third-order valence-corrected chi connectivity index (χ3v) is 9.73. The van der Waals surface area contributed by atoms with Gasteiger partial charge in [-0.3, -0.25) is 0 Å². The minimum absolute atomic E-state index is 0.220. The number of ether oxygens (including phenoxy) is 1. The van der Waals surface area contributed by atoms with E-state index in [2.05, 4.69) is 71.3 Å². The van der Waals surface area contributed by atoms with Crippen LogP contribution in [-0.4, -0.2) is 67.2 Å². The topological polar surface area (TPSA) is 51.8 Å². The Morgan fingerprint density at radius 1 is 0.951 bits per heavy atom. The van der Waals surface area contributed by atoms with Crippen molar-refractivity contribution in [2.24, 2.45) is 0 Å². The molecule has 0 spiro atoms. The predicted molar refractivity (Wildman–Crippen MR) is 165 cm³/mol. The van der Waals surface area contributed by atoms with Crippen molar-refractivity contribution in [1.82, 2.24) is 14.8 Å². The number of nitrogens with one attached hydrogen (secondary N) is 1. The lowest BCUT2D eigenvalue weighted by atomic mass is 9.83. The fraction of sp³-hybridized carbons (Fsp3) is 0.400. The van der Waals surface area contributed by atoms with Crippen LogP contribution < -0.4 is 4.90 Å². The predicted octanol–water partition coefficient (Wildman–Crippen LogP) is 6.51. The Labute approximate surface area is 242 Å². The highest BCUT2D eigenvalue weighted by atomic mass is 16.6. The van der Waals surface area contributed by atoms with Crippen molar-refractivity contribution in [1.29, 1.82) is 0 Å². The number of piperidine rings is 1. The number of carbonyl (C=O) groups excluding carboxylic acids is 1. The lowest BCUT2D eigenvalue weighted by Gasteiger charge is -2.36. The number of fused-ring (bicyclic) bond motifs is 6. The summed E-state index contributed by atoms with van der Waals surface area (Å²) in [5, 5.41) is 1.27. The molecule has 41 heavy (non-hydrogen) atoms. The summed E-state index contributed by atoms with van der Waals surface area (Å²) in [6.45, 7) is 3.94. The van der Waals surface area contributed by atoms with Crippen molar-refractivity contribution < 1.29 is 9.53 Å². The molecule has 1 fully saturated rings. The molecule has 1 saturated heterocycles. The molecule has 0 bridgehead atoms. The van der Waals surface area contributed by atoms with Crippen LogP contribution >= 0.6 is 0 Å². The van der Waals surface area contributed by atoms with E-state index in [1.54, 1.807) is 0 Å². The summed E-state index contributed by atoms with van der Waals surface area (Å²) in [6, 6.07) is 26.4. The normalized spacial score (nSPS) is 22.8. The first kappa shape index (κ1) is 26.1. The van der Waals surface area contributed by atoms with E-state index >= 15 is 0 Å². The van der Waals surface area contributed by atoms with Crippen molar-refractivity contribution in [3.8, 4) is 0 Å². The maximum atomic E-state index is 13.2. The number of H-pyrrole nitrogens is 1. The molecule has 6 heteroatoms. The van der Waals surface area contributed by atoms with E-state index in [0.717, 1.165) is 37.9 Å². The number of para-hydroxylation sites is 1. The van der Waals surface area contributed by atoms with Gasteiger partial charge in [-0.05, 0) is 73.7 Å². The van der Waals surface area contributed by atoms with Crippen LogP contribution in [0.25, 0.3) is 10.9 Å². The molecule has 3 aliphatic rings. The van der Waals surface area contributed by atoms with Crippen molar-refractivity contribution >= 4 is 22.7 Å². The molecule has 1 N–H and O–H groups in total. The van der Waals surface area contributed by atoms with Crippen LogP contribution in [0.5, 0.6) is 0 Å². The summed E-state index contributed by atoms with van der Waals surface area (Å²) in [4.78, 5) is 23.9. The third kappa shape index (κ3) is 4.88. The van der Waals surface area contributed by atoms with Gasteiger partial charge in [0.2, 0.25) is 0 Å². The zero-order chi connectivity index (χ0) is 27.9. The standard InChI is InChI=1S/C35H40N4O2/c1-37-19-16-28-30-21-25(14-15-32(30)38(2)33(28)22-37)26-12-8-18-39(35(40)41-23-24-9-4-3-5-10-24)20-17-29-27-11-6-7-13-31(27)36-34(26)29/h3-7,9-11,13-15,21,26,28,33,36H,8,12,16-20,22-23H2,1-2H3. The van der Waals surface area contributed by atoms with Gasteiger partial charge < -0.3 is 24.4 Å². The molecule has 7 rings (SSSR count). The fourth-order valence-electron chi connectivity index (χ4n) is 7.53. The van der Waals surface area contributed by atoms with Gasteiger partial charge in [-0.2, -0.15) is 0 Å². The van der Waals surface area contributed by atoms with E-state index in [0.29, 0.717) is 31.7 Å². The number of hydrogen-bond acceptors (Lipinski definition) is 4. The van der Waals surface area contributed by atoms with Crippen LogP contribution in [0, 0.1) is 0 Å². The smallest absolute Gasteiger partial charge is 0.410 e. The second-order valence-electron chi connectivity index (χ2n) is 12.2. The van der Waals surface area contributed by atoms with E-state index in [1.807, 2.05) is 35.2 Å². The number of nitrogens with zero attached hydrogens (tertiary/aromatic N) is 3. The van der Waals surface area contributed by atoms with Gasteiger partial charge in [0, 0.05) is 66.8 Å². The van der Waals surface area contributed by atoms with Crippen LogP contribution in [-0.2, 0) is 17.8 Å². The average Bonchev–Trinajstić information content (AvgIpc) is 3.52. The number of hydrogen-bond donors (Lipinski definition) is 1. The van der Waals surface area contributed by atoms with Gasteiger partial charge >= 0.3 is 6.09 Å². The lowest BCUT2D eigenvalue weighted by Crippen LogP contribution is -2.45. The molecule has 3 unspecified atom stereocenters. The summed E-state index contributed by atoms with van der Waals surface area (Å²) < 4.78 is 5.76. The summed E-state index contributed by atoms with van der Waals surface area (Å²) in [7, 11) is 4.51. The molecule has 3 aliphatic heterocycles. The summed E-state index contributed by atoms with van der Waals surface area (Å²) in [5.41, 5.74) is 9.15. The van der Waals surface area contributed by atoms with Crippen molar-refractivity contribution in [2.75, 3.05) is 45.2 Å². The highest BCUT2D eigenvalue weighted by molar-refractivity contribution is 5.85. The van der Waals surface area contributed by atoms with Gasteiger partial charge in [0.25, 0.3) is 0 Å². The van der Waals surface area contributed by atoms with E-state index in [4.69, 9.17) is 4.74 Å². The second kappa shape index (κ2) is 10.9. The van der Waals surface area contributed by atoms with E-state index in [1.165, 1.54) is 45.4 Å². The molecule has 4 aromatic rings. The van der Waals surface area contributed by atoms with Gasteiger partial charge in [0.05, 0.1) is 0 Å². The second-order valence-corrected chi connectivity index (χ2v) is 12.2. The zero-order valence-corrected chi connectivity index (χ0v) is 24.2. The van der Waals surface area contributed by atoms with Gasteiger partial charge in [-0.1, -0.05) is 60.7 Å². The largest absolute Gasteiger partial charge is 0.445 e. The summed E-state index contributed by atoms with van der Waals surface area (Å²) in [6.07, 6.45) is 3.70. The maximum absolute atomic E-state index is 13.2. The third-order valence-electron chi connectivity index (χ3n) is 9.73. The summed E-state index contributed by atoms with van der Waals surface area (Å²) in [5.74, 6) is 0.859. The Morgan fingerprint density at radius 2 is 1.78 bits per heavy atom. The Balaban J connectivity index is 1.19. The Bertz CT molecular complexity index is 1550. The Kier molecular flexibility index (Phi) is 6.95. The van der Waals surface area contributed by atoms with E-state index in [-0.39, 0.29) is 12.0 Å². The van der Waals surface area contributed by atoms with Gasteiger partial charge in [-0.15, -0.1) is 0 Å². The van der Waals surface area contributed by atoms with Crippen LogP contribution in [0.2, 0.25) is 0 Å². The Morgan fingerprint density at radius 3 is 2.66 bits per heavy atom. The van der Waals surface area contributed by atoms with Crippen LogP contribution in [0.4, 0.5) is 10.5 Å². The number of amides is 1. The molecule has 3 aromatic carbocycles. The maximum Gasteiger partial charge on any atom is 0.410 e. The highest BCUT2D eigenvalue weighted by Gasteiger charge is 2.40. The van der Waals surface area contributed by atoms with E-state index in [9.17, 15) is 4.79 Å². The van der Waals surface area contributed by atoms with Crippen molar-refractivity contribution in [3.63, 3.8) is 0 Å². The first-order valence-electron chi connectivity index (χ1n) is 15.2. The van der Waals surface area contributed by atoms with Gasteiger partial charge in [-0.25, -0.2) is 4.79 Å². The van der Waals surface area contributed by atoms with E-state index < -0.39 is 0 Å². The minimum atomic E-state index is -0.220. The first-order chi connectivity index (χ1) is 20.1. The monoisotopic (exact) mass is 548 g/mol. The number of rotatable bonds is 3. The number of likely N-dealkylation sites (N-methyl/N-ethyl adjacent to an activating group) is 2. The van der Waals surface area contributed by atoms with Gasteiger partial charge in [0.1, 0.15) is 6.61 Å². The molecule has 0 aliphatic carbocycles. The molecule has 0 saturated carbocycles.